The van der Waals surface area contributed by atoms with Crippen molar-refractivity contribution in [3.05, 3.63) is 0 Å². The van der Waals surface area contributed by atoms with E-state index in [1.54, 1.807) is 0 Å². The van der Waals surface area contributed by atoms with Crippen LogP contribution in [0, 0.1) is 0 Å². The topological polar surface area (TPSA) is 48.1 Å². The minimum atomic E-state index is 1.05. The van der Waals surface area contributed by atoms with Crippen LogP contribution in [-0.2, 0) is 0 Å². The molecular weight excluding hydrogens is 276 g/mol. The van der Waals surface area contributed by atoms with Gasteiger partial charge in [-0.05, 0) is 19.5 Å². The molecule has 0 atom stereocenters. The molecule has 0 radical (unpaired) electrons. The Kier molecular flexibility index (Phi) is 19.1. The summed E-state index contributed by atoms with van der Waals surface area (Å²) in [6.07, 6.45) is 1.27. The zero-order chi connectivity index (χ0) is 14.0. The maximum atomic E-state index is 3.47. The molecule has 0 saturated carbocycles. The lowest BCUT2D eigenvalue weighted by molar-refractivity contribution is 0.569. The molecule has 0 aromatic carbocycles. The molecule has 0 unspecified atom stereocenters. The van der Waals surface area contributed by atoms with Crippen LogP contribution in [0.4, 0.5) is 0 Å². The average Bonchev–Trinajstić information content (AvgIpc) is 2.43. The number of rotatable bonds is 16. The summed E-state index contributed by atoms with van der Waals surface area (Å²) in [6, 6.07) is 0. The SMILES string of the molecule is CCNCCNCCNCCNCCCSSCC. The lowest BCUT2D eigenvalue weighted by Gasteiger charge is -2.08. The van der Waals surface area contributed by atoms with Crippen LogP contribution >= 0.6 is 21.6 Å². The Morgan fingerprint density at radius 1 is 0.632 bits per heavy atom. The van der Waals surface area contributed by atoms with Crippen LogP contribution in [0.1, 0.15) is 20.3 Å². The van der Waals surface area contributed by atoms with Crippen LogP contribution in [0.5, 0.6) is 0 Å². The van der Waals surface area contributed by atoms with Gasteiger partial charge >= 0.3 is 0 Å². The Hall–Kier alpha value is 0.540. The molecule has 0 aliphatic carbocycles. The Morgan fingerprint density at radius 2 is 1.16 bits per heavy atom. The van der Waals surface area contributed by atoms with E-state index in [9.17, 15) is 0 Å². The van der Waals surface area contributed by atoms with E-state index in [2.05, 4.69) is 35.1 Å². The van der Waals surface area contributed by atoms with Gasteiger partial charge in [0.1, 0.15) is 0 Å². The van der Waals surface area contributed by atoms with E-state index in [1.165, 1.54) is 17.9 Å². The van der Waals surface area contributed by atoms with E-state index in [0.29, 0.717) is 0 Å². The molecule has 0 saturated heterocycles. The first-order chi connectivity index (χ1) is 9.41. The zero-order valence-corrected chi connectivity index (χ0v) is 14.2. The maximum Gasteiger partial charge on any atom is 0.00772 e. The summed E-state index contributed by atoms with van der Waals surface area (Å²) in [6.45, 7) is 12.9. The minimum absolute atomic E-state index is 1.05. The van der Waals surface area contributed by atoms with Crippen molar-refractivity contribution in [2.24, 2.45) is 0 Å². The fraction of sp³-hybridized carbons (Fsp3) is 1.00. The Morgan fingerprint density at radius 3 is 1.68 bits per heavy atom. The molecule has 6 heteroatoms. The van der Waals surface area contributed by atoms with Crippen molar-refractivity contribution in [1.29, 1.82) is 0 Å². The van der Waals surface area contributed by atoms with Gasteiger partial charge in [0.15, 0.2) is 0 Å². The van der Waals surface area contributed by atoms with Crippen molar-refractivity contribution in [3.63, 3.8) is 0 Å². The molecule has 4 nitrogen and oxygen atoms in total. The van der Waals surface area contributed by atoms with Crippen molar-refractivity contribution in [2.45, 2.75) is 20.3 Å². The second-order valence-corrected chi connectivity index (χ2v) is 7.06. The van der Waals surface area contributed by atoms with E-state index in [-0.39, 0.29) is 0 Å². The highest BCUT2D eigenvalue weighted by molar-refractivity contribution is 8.76. The number of hydrogen-bond donors (Lipinski definition) is 4. The van der Waals surface area contributed by atoms with Gasteiger partial charge in [-0.15, -0.1) is 0 Å². The van der Waals surface area contributed by atoms with Gasteiger partial charge in [-0.1, -0.05) is 35.4 Å². The molecular formula is C13H32N4S2. The molecule has 0 bridgehead atoms. The van der Waals surface area contributed by atoms with Gasteiger partial charge in [0.05, 0.1) is 0 Å². The van der Waals surface area contributed by atoms with Gasteiger partial charge in [0.25, 0.3) is 0 Å². The van der Waals surface area contributed by atoms with Crippen molar-refractivity contribution in [3.8, 4) is 0 Å². The molecule has 4 N–H and O–H groups in total. The first-order valence-corrected chi connectivity index (χ1v) is 9.97. The van der Waals surface area contributed by atoms with Crippen molar-refractivity contribution in [1.82, 2.24) is 21.3 Å². The summed E-state index contributed by atoms with van der Waals surface area (Å²) in [7, 11) is 3.94. The maximum absolute atomic E-state index is 3.47. The van der Waals surface area contributed by atoms with E-state index in [1.807, 2.05) is 21.6 Å². The summed E-state index contributed by atoms with van der Waals surface area (Å²) < 4.78 is 0. The third-order valence-electron chi connectivity index (χ3n) is 2.47. The first kappa shape index (κ1) is 19.5. The van der Waals surface area contributed by atoms with Crippen molar-refractivity contribution in [2.75, 3.05) is 63.9 Å². The standard InChI is InChI=1S/C13H32N4S2/c1-3-14-7-8-16-11-12-17-10-9-15-6-5-13-19-18-4-2/h14-17H,3-13H2,1-2H3. The minimum Gasteiger partial charge on any atom is -0.316 e. The summed E-state index contributed by atoms with van der Waals surface area (Å²) in [4.78, 5) is 0. The fourth-order valence-electron chi connectivity index (χ4n) is 1.48. The van der Waals surface area contributed by atoms with Gasteiger partial charge in [0.2, 0.25) is 0 Å². The third kappa shape index (κ3) is 18.5. The lowest BCUT2D eigenvalue weighted by atomic mass is 10.4. The quantitative estimate of drug-likeness (QED) is 0.254. The van der Waals surface area contributed by atoms with E-state index >= 15 is 0 Å². The smallest absolute Gasteiger partial charge is 0.00772 e. The number of likely N-dealkylation sites (N-methyl/N-ethyl adjacent to an activating group) is 1. The largest absolute Gasteiger partial charge is 0.316 e. The Bertz CT molecular complexity index is 146. The van der Waals surface area contributed by atoms with Gasteiger partial charge in [-0.2, -0.15) is 0 Å². The first-order valence-electron chi connectivity index (χ1n) is 7.49. The monoisotopic (exact) mass is 308 g/mol. The van der Waals surface area contributed by atoms with E-state index in [4.69, 9.17) is 0 Å². The number of hydrogen-bond acceptors (Lipinski definition) is 6. The molecule has 0 heterocycles. The van der Waals surface area contributed by atoms with Gasteiger partial charge < -0.3 is 21.3 Å². The molecule has 0 aliphatic rings. The summed E-state index contributed by atoms with van der Waals surface area (Å²) in [5, 5.41) is 13.6. The molecule has 19 heavy (non-hydrogen) atoms. The van der Waals surface area contributed by atoms with Crippen LogP contribution in [0.2, 0.25) is 0 Å². The van der Waals surface area contributed by atoms with E-state index < -0.39 is 0 Å². The molecule has 0 spiro atoms. The predicted octanol–water partition coefficient (Wildman–Crippen LogP) is 1.16. The predicted molar refractivity (Wildman–Crippen MR) is 92.4 cm³/mol. The highest BCUT2D eigenvalue weighted by Crippen LogP contribution is 2.20. The average molecular weight is 309 g/mol. The van der Waals surface area contributed by atoms with Crippen LogP contribution in [0.15, 0.2) is 0 Å². The number of nitrogens with one attached hydrogen (secondary N) is 4. The van der Waals surface area contributed by atoms with Gasteiger partial charge in [0, 0.05) is 50.8 Å². The molecule has 116 valence electrons. The highest BCUT2D eigenvalue weighted by Gasteiger charge is 1.91. The van der Waals surface area contributed by atoms with Crippen molar-refractivity contribution < 1.29 is 0 Å². The normalized spacial score (nSPS) is 11.1. The Labute approximate surface area is 127 Å². The fourth-order valence-corrected chi connectivity index (χ4v) is 3.23. The third-order valence-corrected chi connectivity index (χ3v) is 5.03. The summed E-state index contributed by atoms with van der Waals surface area (Å²) in [5.41, 5.74) is 0. The zero-order valence-electron chi connectivity index (χ0n) is 12.6. The van der Waals surface area contributed by atoms with Crippen LogP contribution < -0.4 is 21.3 Å². The molecule has 0 aromatic rings. The Balaban J connectivity index is 2.88. The second-order valence-electron chi connectivity index (χ2n) is 4.19. The van der Waals surface area contributed by atoms with E-state index in [0.717, 1.165) is 52.4 Å². The highest BCUT2D eigenvalue weighted by atomic mass is 33.1. The molecule has 0 aromatic heterocycles. The lowest BCUT2D eigenvalue weighted by Crippen LogP contribution is -2.35. The summed E-state index contributed by atoms with van der Waals surface area (Å²) >= 11 is 0. The van der Waals surface area contributed by atoms with Gasteiger partial charge in [-0.3, -0.25) is 0 Å². The molecule has 0 fully saturated rings. The molecule has 0 amide bonds. The van der Waals surface area contributed by atoms with Crippen molar-refractivity contribution >= 4 is 21.6 Å². The molecule has 0 aliphatic heterocycles. The van der Waals surface area contributed by atoms with Gasteiger partial charge in [-0.25, -0.2) is 0 Å². The van der Waals surface area contributed by atoms with Crippen LogP contribution in [-0.4, -0.2) is 63.9 Å². The second kappa shape index (κ2) is 18.5. The van der Waals surface area contributed by atoms with Crippen LogP contribution in [0.25, 0.3) is 0 Å². The summed E-state index contributed by atoms with van der Waals surface area (Å²) in [5.74, 6) is 2.47. The van der Waals surface area contributed by atoms with Crippen LogP contribution in [0.3, 0.4) is 0 Å². The molecule has 0 rings (SSSR count).